The molecule has 78 valence electrons. The predicted octanol–water partition coefficient (Wildman–Crippen LogP) is 3.85. The van der Waals surface area contributed by atoms with E-state index in [0.29, 0.717) is 6.61 Å². The summed E-state index contributed by atoms with van der Waals surface area (Å²) in [6, 6.07) is 8.42. The van der Waals surface area contributed by atoms with Crippen molar-refractivity contribution in [1.29, 1.82) is 0 Å². The lowest BCUT2D eigenvalue weighted by Crippen LogP contribution is -2.14. The van der Waals surface area contributed by atoms with Crippen molar-refractivity contribution >= 4 is 22.6 Å². The summed E-state index contributed by atoms with van der Waals surface area (Å²) in [4.78, 5) is 0. The molecule has 1 aromatic carbocycles. The van der Waals surface area contributed by atoms with E-state index in [2.05, 4.69) is 67.6 Å². The molecule has 14 heavy (non-hydrogen) atoms. The Bertz CT molecular complexity index is 289. The van der Waals surface area contributed by atoms with Crippen LogP contribution in [0, 0.1) is 8.99 Å². The van der Waals surface area contributed by atoms with Gasteiger partial charge in [0, 0.05) is 3.57 Å². The van der Waals surface area contributed by atoms with Crippen LogP contribution in [-0.2, 0) is 11.3 Å². The second-order valence-electron chi connectivity index (χ2n) is 4.68. The van der Waals surface area contributed by atoms with E-state index in [0.717, 1.165) is 6.61 Å². The molecule has 0 fully saturated rings. The zero-order valence-electron chi connectivity index (χ0n) is 9.01. The fraction of sp³-hybridized carbons (Fsp3) is 0.500. The van der Waals surface area contributed by atoms with E-state index >= 15 is 0 Å². The molecule has 0 saturated heterocycles. The Labute approximate surface area is 100.0 Å². The molecular formula is C12H17IO. The van der Waals surface area contributed by atoms with Crippen molar-refractivity contribution in [1.82, 2.24) is 0 Å². The largest absolute Gasteiger partial charge is 0.376 e. The highest BCUT2D eigenvalue weighted by Crippen LogP contribution is 2.15. The van der Waals surface area contributed by atoms with Gasteiger partial charge < -0.3 is 4.74 Å². The molecule has 0 heterocycles. The minimum Gasteiger partial charge on any atom is -0.376 e. The van der Waals surface area contributed by atoms with Crippen LogP contribution < -0.4 is 0 Å². The molecule has 0 N–H and O–H groups in total. The summed E-state index contributed by atoms with van der Waals surface area (Å²) in [6.07, 6.45) is 0. The van der Waals surface area contributed by atoms with Crippen molar-refractivity contribution in [2.75, 3.05) is 6.61 Å². The van der Waals surface area contributed by atoms with Crippen LogP contribution in [0.1, 0.15) is 26.3 Å². The first-order valence-electron chi connectivity index (χ1n) is 4.79. The third-order valence-corrected chi connectivity index (χ3v) is 2.36. The molecule has 1 nitrogen and oxygen atoms in total. The molecule has 0 radical (unpaired) electrons. The van der Waals surface area contributed by atoms with E-state index in [4.69, 9.17) is 4.74 Å². The molecule has 2 heteroatoms. The zero-order chi connectivity index (χ0) is 10.6. The van der Waals surface area contributed by atoms with Crippen LogP contribution in [0.25, 0.3) is 0 Å². The van der Waals surface area contributed by atoms with E-state index in [1.165, 1.54) is 9.13 Å². The van der Waals surface area contributed by atoms with Crippen LogP contribution in [0.3, 0.4) is 0 Å². The first-order valence-corrected chi connectivity index (χ1v) is 5.87. The number of hydrogen-bond donors (Lipinski definition) is 0. The molecule has 0 unspecified atom stereocenters. The maximum atomic E-state index is 5.64. The fourth-order valence-corrected chi connectivity index (χ4v) is 1.71. The van der Waals surface area contributed by atoms with Crippen LogP contribution >= 0.6 is 22.6 Å². The van der Waals surface area contributed by atoms with Gasteiger partial charge in [-0.05, 0) is 45.7 Å². The highest BCUT2D eigenvalue weighted by atomic mass is 127. The number of halogens is 1. The maximum absolute atomic E-state index is 5.64. The van der Waals surface area contributed by atoms with Gasteiger partial charge in [0.05, 0.1) is 13.2 Å². The Morgan fingerprint density at radius 3 is 2.57 bits per heavy atom. The van der Waals surface area contributed by atoms with Gasteiger partial charge in [-0.25, -0.2) is 0 Å². The minimum absolute atomic E-state index is 0.252. The van der Waals surface area contributed by atoms with Crippen molar-refractivity contribution in [3.8, 4) is 0 Å². The van der Waals surface area contributed by atoms with E-state index in [1.54, 1.807) is 0 Å². The van der Waals surface area contributed by atoms with Gasteiger partial charge in [0.1, 0.15) is 0 Å². The van der Waals surface area contributed by atoms with Gasteiger partial charge >= 0.3 is 0 Å². The Balaban J connectivity index is 2.39. The third kappa shape index (κ3) is 4.96. The smallest absolute Gasteiger partial charge is 0.0717 e. The summed E-state index contributed by atoms with van der Waals surface area (Å²) < 4.78 is 6.90. The first kappa shape index (κ1) is 12.0. The second kappa shape index (κ2) is 5.12. The molecule has 0 atom stereocenters. The van der Waals surface area contributed by atoms with Gasteiger partial charge in [-0.2, -0.15) is 0 Å². The molecule has 0 saturated carbocycles. The number of rotatable bonds is 3. The maximum Gasteiger partial charge on any atom is 0.0717 e. The molecule has 1 rings (SSSR count). The molecule has 0 aromatic heterocycles. The van der Waals surface area contributed by atoms with Gasteiger partial charge in [-0.3, -0.25) is 0 Å². The summed E-state index contributed by atoms with van der Waals surface area (Å²) in [5, 5.41) is 0. The summed E-state index contributed by atoms with van der Waals surface area (Å²) in [7, 11) is 0. The van der Waals surface area contributed by atoms with Gasteiger partial charge in [0.2, 0.25) is 0 Å². The molecular weight excluding hydrogens is 287 g/mol. The minimum atomic E-state index is 0.252. The molecule has 0 aliphatic heterocycles. The number of hydrogen-bond acceptors (Lipinski definition) is 1. The van der Waals surface area contributed by atoms with Crippen LogP contribution in [0.4, 0.5) is 0 Å². The van der Waals surface area contributed by atoms with Gasteiger partial charge in [-0.15, -0.1) is 0 Å². The predicted molar refractivity (Wildman–Crippen MR) is 68.3 cm³/mol. The van der Waals surface area contributed by atoms with Gasteiger partial charge in [-0.1, -0.05) is 32.9 Å². The zero-order valence-corrected chi connectivity index (χ0v) is 11.2. The van der Waals surface area contributed by atoms with Crippen molar-refractivity contribution < 1.29 is 4.74 Å². The van der Waals surface area contributed by atoms with E-state index in [9.17, 15) is 0 Å². The Morgan fingerprint density at radius 1 is 1.29 bits per heavy atom. The SMILES string of the molecule is CC(C)(C)COCc1cccc(I)c1. The molecule has 0 bridgehead atoms. The first-order chi connectivity index (χ1) is 6.47. The Hall–Kier alpha value is -0.0900. The lowest BCUT2D eigenvalue weighted by Gasteiger charge is -2.17. The Morgan fingerprint density at radius 2 is 2.00 bits per heavy atom. The summed E-state index contributed by atoms with van der Waals surface area (Å²) in [6.45, 7) is 8.07. The molecule has 0 aliphatic rings. The quantitative estimate of drug-likeness (QED) is 0.771. The average molecular weight is 304 g/mol. The molecule has 0 spiro atoms. The van der Waals surface area contributed by atoms with E-state index in [-0.39, 0.29) is 5.41 Å². The summed E-state index contributed by atoms with van der Waals surface area (Å²) in [5.74, 6) is 0. The lowest BCUT2D eigenvalue weighted by molar-refractivity contribution is 0.0599. The second-order valence-corrected chi connectivity index (χ2v) is 5.93. The van der Waals surface area contributed by atoms with Crippen LogP contribution in [0.5, 0.6) is 0 Å². The Kier molecular flexibility index (Phi) is 4.38. The van der Waals surface area contributed by atoms with Crippen molar-refractivity contribution in [3.05, 3.63) is 33.4 Å². The topological polar surface area (TPSA) is 9.23 Å². The third-order valence-electron chi connectivity index (χ3n) is 1.69. The lowest BCUT2D eigenvalue weighted by atomic mass is 9.99. The fourth-order valence-electron chi connectivity index (χ4n) is 1.10. The monoisotopic (exact) mass is 304 g/mol. The van der Waals surface area contributed by atoms with Gasteiger partial charge in [0.25, 0.3) is 0 Å². The van der Waals surface area contributed by atoms with E-state index < -0.39 is 0 Å². The van der Waals surface area contributed by atoms with Crippen LogP contribution in [0.2, 0.25) is 0 Å². The number of ether oxygens (including phenoxy) is 1. The molecule has 0 amide bonds. The van der Waals surface area contributed by atoms with Crippen LogP contribution in [0.15, 0.2) is 24.3 Å². The average Bonchev–Trinajstić information content (AvgIpc) is 2.01. The molecule has 1 aromatic rings. The highest BCUT2D eigenvalue weighted by Gasteiger charge is 2.09. The summed E-state index contributed by atoms with van der Waals surface area (Å²) >= 11 is 2.32. The van der Waals surface area contributed by atoms with Crippen LogP contribution in [-0.4, -0.2) is 6.61 Å². The van der Waals surface area contributed by atoms with Gasteiger partial charge in [0.15, 0.2) is 0 Å². The van der Waals surface area contributed by atoms with Crippen molar-refractivity contribution in [3.63, 3.8) is 0 Å². The van der Waals surface area contributed by atoms with Crippen molar-refractivity contribution in [2.24, 2.45) is 5.41 Å². The normalized spacial score (nSPS) is 11.7. The molecule has 0 aliphatic carbocycles. The standard InChI is InChI=1S/C12H17IO/c1-12(2,3)9-14-8-10-5-4-6-11(13)7-10/h4-7H,8-9H2,1-3H3. The van der Waals surface area contributed by atoms with E-state index in [1.807, 2.05) is 0 Å². The highest BCUT2D eigenvalue weighted by molar-refractivity contribution is 14.1. The van der Waals surface area contributed by atoms with Crippen molar-refractivity contribution in [2.45, 2.75) is 27.4 Å². The number of benzene rings is 1. The summed E-state index contributed by atoms with van der Waals surface area (Å²) in [5.41, 5.74) is 1.50.